The lowest BCUT2D eigenvalue weighted by molar-refractivity contribution is 0.294. The van der Waals surface area contributed by atoms with Crippen LogP contribution in [0.1, 0.15) is 18.6 Å². The van der Waals surface area contributed by atoms with Crippen LogP contribution in [0.5, 0.6) is 0 Å². The van der Waals surface area contributed by atoms with E-state index in [1.807, 2.05) is 6.07 Å². The second-order valence-electron chi connectivity index (χ2n) is 7.17. The van der Waals surface area contributed by atoms with E-state index < -0.39 is 0 Å². The minimum Gasteiger partial charge on any atom is -0.460 e. The summed E-state index contributed by atoms with van der Waals surface area (Å²) in [6.45, 7) is 4.38. The summed E-state index contributed by atoms with van der Waals surface area (Å²) in [5.74, 6) is 1.08. The molecule has 0 radical (unpaired) electrons. The molecule has 4 heteroatoms. The Morgan fingerprint density at radius 2 is 1.76 bits per heavy atom. The van der Waals surface area contributed by atoms with Crippen LogP contribution in [0.3, 0.4) is 0 Å². The van der Waals surface area contributed by atoms with E-state index in [2.05, 4.69) is 75.8 Å². The Morgan fingerprint density at radius 3 is 2.64 bits per heavy atom. The highest BCUT2D eigenvalue weighted by atomic mass is 32.2. The van der Waals surface area contributed by atoms with Crippen LogP contribution in [-0.4, -0.2) is 29.3 Å². The molecule has 3 nitrogen and oxygen atoms in total. The molecule has 25 heavy (non-hydrogen) atoms. The first-order chi connectivity index (χ1) is 12.3. The lowest BCUT2D eigenvalue weighted by Crippen LogP contribution is -2.28. The molecule has 0 N–H and O–H groups in total. The lowest BCUT2D eigenvalue weighted by atomic mass is 10.0. The summed E-state index contributed by atoms with van der Waals surface area (Å²) < 4.78 is 8.87. The molecule has 0 saturated carbocycles. The first kappa shape index (κ1) is 15.4. The van der Waals surface area contributed by atoms with Gasteiger partial charge in [0.25, 0.3) is 0 Å². The zero-order valence-corrected chi connectivity index (χ0v) is 15.0. The number of likely N-dealkylation sites (tertiary alicyclic amines) is 1. The van der Waals surface area contributed by atoms with Gasteiger partial charge < -0.3 is 8.72 Å². The van der Waals surface area contributed by atoms with Crippen LogP contribution in [0.25, 0.3) is 11.0 Å². The van der Waals surface area contributed by atoms with Crippen molar-refractivity contribution in [3.05, 3.63) is 66.4 Å². The summed E-state index contributed by atoms with van der Waals surface area (Å²) in [4.78, 5) is 2.55. The molecule has 1 atom stereocenters. The number of hydrogen-bond donors (Lipinski definition) is 0. The predicted molar refractivity (Wildman–Crippen MR) is 105 cm³/mol. The largest absolute Gasteiger partial charge is 0.460 e. The number of hydrogen-bond acceptors (Lipinski definition) is 4. The molecule has 2 fully saturated rings. The second-order valence-corrected chi connectivity index (χ2v) is 8.66. The SMILES string of the molecule is c1ccc(N2CC[C@]3(CCN(Cc4cc5ccccc5o4)C3)S2)cc1. The molecule has 5 rings (SSSR count). The standard InChI is InChI=1S/C21H22N2OS/c1-2-7-18(8-3-1)23-13-11-21(25-23)10-12-22(16-21)15-19-14-17-6-4-5-9-20(17)24-19/h1-9,14H,10-13,15-16H2/t21-/m0/s1. The van der Waals surface area contributed by atoms with Crippen LogP contribution in [0.15, 0.2) is 65.1 Å². The molecule has 3 aromatic rings. The summed E-state index contributed by atoms with van der Waals surface area (Å²) in [6, 6.07) is 21.2. The Bertz CT molecular complexity index is 845. The zero-order chi connectivity index (χ0) is 16.7. The van der Waals surface area contributed by atoms with E-state index in [1.165, 1.54) is 23.9 Å². The third-order valence-corrected chi connectivity index (χ3v) is 6.91. The zero-order valence-electron chi connectivity index (χ0n) is 14.2. The van der Waals surface area contributed by atoms with Gasteiger partial charge in [-0.15, -0.1) is 0 Å². The molecule has 0 bridgehead atoms. The molecule has 3 heterocycles. The highest BCUT2D eigenvalue weighted by molar-refractivity contribution is 8.02. The Kier molecular flexibility index (Phi) is 3.75. The molecule has 2 aromatic carbocycles. The fourth-order valence-corrected chi connectivity index (χ4v) is 5.57. The van der Waals surface area contributed by atoms with Crippen molar-refractivity contribution in [2.45, 2.75) is 24.1 Å². The van der Waals surface area contributed by atoms with Gasteiger partial charge in [0.1, 0.15) is 11.3 Å². The minimum atomic E-state index is 0.377. The van der Waals surface area contributed by atoms with Crippen molar-refractivity contribution in [1.29, 1.82) is 0 Å². The molecule has 0 aliphatic carbocycles. The average molecular weight is 350 g/mol. The maximum atomic E-state index is 6.01. The van der Waals surface area contributed by atoms with Crippen LogP contribution >= 0.6 is 11.9 Å². The van der Waals surface area contributed by atoms with Crippen LogP contribution in [0.4, 0.5) is 5.69 Å². The van der Waals surface area contributed by atoms with Gasteiger partial charge >= 0.3 is 0 Å². The molecular formula is C21H22N2OS. The van der Waals surface area contributed by atoms with Crippen molar-refractivity contribution in [3.8, 4) is 0 Å². The van der Waals surface area contributed by atoms with Crippen molar-refractivity contribution in [3.63, 3.8) is 0 Å². The summed E-state index contributed by atoms with van der Waals surface area (Å²) >= 11 is 2.05. The number of benzene rings is 2. The maximum absolute atomic E-state index is 6.01. The van der Waals surface area contributed by atoms with E-state index in [1.54, 1.807) is 0 Å². The van der Waals surface area contributed by atoms with Crippen molar-refractivity contribution >= 4 is 28.6 Å². The Morgan fingerprint density at radius 1 is 0.960 bits per heavy atom. The summed E-state index contributed by atoms with van der Waals surface area (Å²) in [7, 11) is 0. The van der Waals surface area contributed by atoms with Crippen LogP contribution in [0, 0.1) is 0 Å². The van der Waals surface area contributed by atoms with Gasteiger partial charge in [0.05, 0.1) is 11.3 Å². The van der Waals surface area contributed by atoms with Gasteiger partial charge in [0, 0.05) is 30.7 Å². The quantitative estimate of drug-likeness (QED) is 0.623. The topological polar surface area (TPSA) is 19.6 Å². The Labute approximate surface area is 152 Å². The molecule has 0 amide bonds. The van der Waals surface area contributed by atoms with Gasteiger partial charge in [0.2, 0.25) is 0 Å². The van der Waals surface area contributed by atoms with E-state index in [0.717, 1.165) is 37.5 Å². The summed E-state index contributed by atoms with van der Waals surface area (Å²) in [6.07, 6.45) is 2.53. The van der Waals surface area contributed by atoms with E-state index in [9.17, 15) is 0 Å². The van der Waals surface area contributed by atoms with E-state index in [0.29, 0.717) is 4.75 Å². The normalized spacial score (nSPS) is 23.9. The predicted octanol–water partition coefficient (Wildman–Crippen LogP) is 4.94. The first-order valence-corrected chi connectivity index (χ1v) is 9.79. The summed E-state index contributed by atoms with van der Waals surface area (Å²) in [5, 5.41) is 1.21. The van der Waals surface area contributed by atoms with Crippen LogP contribution in [-0.2, 0) is 6.54 Å². The molecule has 128 valence electrons. The second kappa shape index (κ2) is 6.11. The van der Waals surface area contributed by atoms with Crippen LogP contribution < -0.4 is 4.31 Å². The molecule has 1 spiro atoms. The number of para-hydroxylation sites is 2. The lowest BCUT2D eigenvalue weighted by Gasteiger charge is -2.24. The number of fused-ring (bicyclic) bond motifs is 1. The Balaban J connectivity index is 1.27. The monoisotopic (exact) mass is 350 g/mol. The Hall–Kier alpha value is -1.91. The average Bonchev–Trinajstić information content (AvgIpc) is 3.35. The number of furan rings is 1. The molecule has 2 saturated heterocycles. The van der Waals surface area contributed by atoms with Gasteiger partial charge in [-0.1, -0.05) is 36.4 Å². The third kappa shape index (κ3) is 2.94. The minimum absolute atomic E-state index is 0.377. The number of nitrogens with zero attached hydrogens (tertiary/aromatic N) is 2. The fraction of sp³-hybridized carbons (Fsp3) is 0.333. The van der Waals surface area contributed by atoms with Crippen LogP contribution in [0.2, 0.25) is 0 Å². The van der Waals surface area contributed by atoms with E-state index >= 15 is 0 Å². The third-order valence-electron chi connectivity index (χ3n) is 5.37. The van der Waals surface area contributed by atoms with Crippen molar-refractivity contribution < 1.29 is 4.42 Å². The van der Waals surface area contributed by atoms with E-state index in [-0.39, 0.29) is 0 Å². The first-order valence-electron chi connectivity index (χ1n) is 9.01. The molecular weight excluding hydrogens is 328 g/mol. The smallest absolute Gasteiger partial charge is 0.134 e. The van der Waals surface area contributed by atoms with E-state index in [4.69, 9.17) is 4.42 Å². The van der Waals surface area contributed by atoms with Crippen molar-refractivity contribution in [1.82, 2.24) is 4.90 Å². The van der Waals surface area contributed by atoms with Gasteiger partial charge in [-0.3, -0.25) is 4.90 Å². The highest BCUT2D eigenvalue weighted by Gasteiger charge is 2.44. The summed E-state index contributed by atoms with van der Waals surface area (Å²) in [5.41, 5.74) is 2.33. The van der Waals surface area contributed by atoms with Crippen molar-refractivity contribution in [2.75, 3.05) is 23.9 Å². The van der Waals surface area contributed by atoms with Gasteiger partial charge in [-0.2, -0.15) is 0 Å². The van der Waals surface area contributed by atoms with Gasteiger partial charge in [-0.25, -0.2) is 0 Å². The number of anilines is 1. The van der Waals surface area contributed by atoms with Crippen molar-refractivity contribution in [2.24, 2.45) is 0 Å². The van der Waals surface area contributed by atoms with Gasteiger partial charge in [0.15, 0.2) is 0 Å². The maximum Gasteiger partial charge on any atom is 0.134 e. The molecule has 1 aromatic heterocycles. The molecule has 2 aliphatic heterocycles. The highest BCUT2D eigenvalue weighted by Crippen LogP contribution is 2.47. The molecule has 0 unspecified atom stereocenters. The van der Waals surface area contributed by atoms with Gasteiger partial charge in [-0.05, 0) is 49.1 Å². The fourth-order valence-electron chi connectivity index (χ4n) is 4.08. The number of rotatable bonds is 3. The molecule has 2 aliphatic rings.